The van der Waals surface area contributed by atoms with Gasteiger partial charge in [-0.05, 0) is 68.0 Å². The highest BCUT2D eigenvalue weighted by Gasteiger charge is 2.36. The van der Waals surface area contributed by atoms with Gasteiger partial charge in [-0.2, -0.15) is 0 Å². The molecule has 0 radical (unpaired) electrons. The molecule has 3 N–H and O–H groups in total. The van der Waals surface area contributed by atoms with Gasteiger partial charge in [-0.25, -0.2) is 0 Å². The van der Waals surface area contributed by atoms with Gasteiger partial charge in [0, 0.05) is 61.5 Å². The zero-order valence-corrected chi connectivity index (χ0v) is 23.5. The smallest absolute Gasteiger partial charge is 0.253 e. The zero-order chi connectivity index (χ0) is 28.1. The van der Waals surface area contributed by atoms with Gasteiger partial charge in [0.1, 0.15) is 0 Å². The van der Waals surface area contributed by atoms with Gasteiger partial charge >= 0.3 is 0 Å². The fraction of sp³-hybridized carbons (Fsp3) is 0.516. The number of aryl methyl sites for hydroxylation is 2. The number of carbonyl (C=O) groups is 1. The number of aromatic nitrogens is 2. The molecule has 2 aliphatic carbocycles. The summed E-state index contributed by atoms with van der Waals surface area (Å²) in [5, 5.41) is 11.2. The van der Waals surface area contributed by atoms with Crippen LogP contribution < -0.4 is 10.9 Å². The van der Waals surface area contributed by atoms with Crippen LogP contribution in [0.1, 0.15) is 60.2 Å². The van der Waals surface area contributed by atoms with Crippen molar-refractivity contribution in [2.45, 2.75) is 65.1 Å². The number of hydrogen-bond acceptors (Lipinski definition) is 7. The van der Waals surface area contributed by atoms with Gasteiger partial charge in [0.15, 0.2) is 0 Å². The van der Waals surface area contributed by atoms with Crippen LogP contribution >= 0.6 is 0 Å². The second kappa shape index (κ2) is 12.8. The van der Waals surface area contributed by atoms with Crippen molar-refractivity contribution in [3.05, 3.63) is 68.9 Å². The normalized spacial score (nSPS) is 23.2. The predicted molar refractivity (Wildman–Crippen MR) is 157 cm³/mol. The largest absolute Gasteiger partial charge is 0.379 e. The minimum absolute atomic E-state index is 0.143. The number of morpholine rings is 1. The number of hydrogen-bond donors (Lipinski definition) is 3. The minimum Gasteiger partial charge on any atom is -0.379 e. The van der Waals surface area contributed by atoms with E-state index in [0.29, 0.717) is 12.0 Å². The number of H-pyrrole nitrogens is 1. The number of nitrogens with zero attached hydrogens (tertiary/aromatic N) is 3. The summed E-state index contributed by atoms with van der Waals surface area (Å²) in [6, 6.07) is 6.28. The number of allylic oxidation sites excluding steroid dienone is 2. The monoisotopic (exact) mass is 544 g/mol. The molecule has 1 saturated heterocycles. The Morgan fingerprint density at radius 3 is 2.70 bits per heavy atom. The quantitative estimate of drug-likeness (QED) is 0.438. The molecule has 1 aliphatic heterocycles. The van der Waals surface area contributed by atoms with Crippen LogP contribution in [0.3, 0.4) is 0 Å². The Balaban J connectivity index is 1.38. The molecule has 1 saturated carbocycles. The van der Waals surface area contributed by atoms with E-state index in [1.54, 1.807) is 0 Å². The van der Waals surface area contributed by atoms with Crippen molar-refractivity contribution >= 4 is 23.4 Å². The lowest BCUT2D eigenvalue weighted by atomic mass is 9.77. The summed E-state index contributed by atoms with van der Waals surface area (Å²) in [6.45, 7) is 8.07. The van der Waals surface area contributed by atoms with E-state index in [9.17, 15) is 9.59 Å². The third kappa shape index (κ3) is 6.64. The van der Waals surface area contributed by atoms with Crippen molar-refractivity contribution < 1.29 is 9.53 Å². The lowest BCUT2D eigenvalue weighted by Gasteiger charge is -2.30. The number of rotatable bonds is 8. The molecule has 9 heteroatoms. The van der Waals surface area contributed by atoms with E-state index in [0.717, 1.165) is 92.3 Å². The van der Waals surface area contributed by atoms with Crippen molar-refractivity contribution in [1.82, 2.24) is 20.2 Å². The molecule has 0 bridgehead atoms. The first-order valence-electron chi connectivity index (χ1n) is 14.4. The Morgan fingerprint density at radius 2 is 2.02 bits per heavy atom. The lowest BCUT2D eigenvalue weighted by Crippen LogP contribution is -2.41. The lowest BCUT2D eigenvalue weighted by molar-refractivity contribution is -0.125. The molecule has 3 heterocycles. The van der Waals surface area contributed by atoms with Gasteiger partial charge in [-0.1, -0.05) is 18.9 Å². The number of pyridine rings is 2. The average Bonchev–Trinajstić information content (AvgIpc) is 3.46. The highest BCUT2D eigenvalue weighted by Crippen LogP contribution is 2.34. The number of amides is 1. The molecule has 0 spiro atoms. The Labute approximate surface area is 235 Å². The van der Waals surface area contributed by atoms with Gasteiger partial charge < -0.3 is 20.4 Å². The standard InChI is InChI=1S/C31H40N6O3/c1-20-13-21(2)35-31(39)27(20)18-34-30(38)25-14-23(15-29(26(25)16-32)36-24-5-3-4-6-24)28-8-7-22(17-33-28)19-37-9-11-40-12-10-37/h7-8,13,15-17,24-26,32H,3-6,9-12,14,18-19H2,1-2H3,(H,34,38)(H,35,39). The molecule has 2 aromatic heterocycles. The fourth-order valence-electron chi connectivity index (χ4n) is 6.04. The van der Waals surface area contributed by atoms with Crippen molar-refractivity contribution in [3.63, 3.8) is 0 Å². The van der Waals surface area contributed by atoms with E-state index < -0.39 is 11.8 Å². The first-order chi connectivity index (χ1) is 19.4. The Morgan fingerprint density at radius 1 is 1.25 bits per heavy atom. The molecule has 3 aliphatic rings. The van der Waals surface area contributed by atoms with Crippen LogP contribution in [0.4, 0.5) is 0 Å². The van der Waals surface area contributed by atoms with Crippen molar-refractivity contribution in [2.75, 3.05) is 26.3 Å². The predicted octanol–water partition coefficient (Wildman–Crippen LogP) is 3.59. The van der Waals surface area contributed by atoms with Crippen LogP contribution in [0.25, 0.3) is 5.57 Å². The number of carbonyl (C=O) groups excluding carboxylic acids is 1. The molecule has 2 fully saturated rings. The summed E-state index contributed by atoms with van der Waals surface area (Å²) in [5.74, 6) is -1.10. The first kappa shape index (κ1) is 28.1. The molecule has 5 rings (SSSR count). The molecule has 2 atom stereocenters. The maximum Gasteiger partial charge on any atom is 0.253 e. The number of aromatic amines is 1. The zero-order valence-electron chi connectivity index (χ0n) is 23.5. The summed E-state index contributed by atoms with van der Waals surface area (Å²) in [4.78, 5) is 41.2. The van der Waals surface area contributed by atoms with Crippen LogP contribution in [-0.2, 0) is 22.6 Å². The highest BCUT2D eigenvalue weighted by molar-refractivity contribution is 6.13. The second-order valence-electron chi connectivity index (χ2n) is 11.3. The van der Waals surface area contributed by atoms with Gasteiger partial charge in [-0.3, -0.25) is 24.5 Å². The second-order valence-corrected chi connectivity index (χ2v) is 11.3. The average molecular weight is 545 g/mol. The Bertz CT molecular complexity index is 1330. The van der Waals surface area contributed by atoms with E-state index in [1.807, 2.05) is 32.2 Å². The molecule has 0 aromatic carbocycles. The van der Waals surface area contributed by atoms with Crippen LogP contribution in [0.2, 0.25) is 0 Å². The molecular weight excluding hydrogens is 504 g/mol. The van der Waals surface area contributed by atoms with Crippen LogP contribution in [0.15, 0.2) is 40.3 Å². The Kier molecular flexibility index (Phi) is 9.01. The number of aliphatic imine (C=N–C) groups is 1. The van der Waals surface area contributed by atoms with E-state index in [-0.39, 0.29) is 24.1 Å². The van der Waals surface area contributed by atoms with Crippen molar-refractivity contribution in [3.8, 4) is 0 Å². The summed E-state index contributed by atoms with van der Waals surface area (Å²) in [5.41, 5.74) is 5.72. The van der Waals surface area contributed by atoms with Gasteiger partial charge in [-0.15, -0.1) is 0 Å². The minimum atomic E-state index is -0.502. The first-order valence-corrected chi connectivity index (χ1v) is 14.4. The van der Waals surface area contributed by atoms with Gasteiger partial charge in [0.25, 0.3) is 5.56 Å². The number of nitrogens with one attached hydrogen (secondary N) is 3. The van der Waals surface area contributed by atoms with Gasteiger partial charge in [0.05, 0.1) is 30.9 Å². The molecule has 2 unspecified atom stereocenters. The van der Waals surface area contributed by atoms with Gasteiger partial charge in [0.2, 0.25) is 5.91 Å². The van der Waals surface area contributed by atoms with Crippen molar-refractivity contribution in [2.24, 2.45) is 16.8 Å². The topological polar surface area (TPSA) is 124 Å². The summed E-state index contributed by atoms with van der Waals surface area (Å²) in [7, 11) is 0. The summed E-state index contributed by atoms with van der Waals surface area (Å²) in [6.07, 6.45) is 10.2. The highest BCUT2D eigenvalue weighted by atomic mass is 16.5. The SMILES string of the molecule is Cc1cc(C)c(CNC(=O)C2CC(c3ccc(CN4CCOCC4)cn3)=CC(=NC3CCCC3)C2C=N)c(=O)[nH]1. The van der Waals surface area contributed by atoms with E-state index >= 15 is 0 Å². The molecule has 1 amide bonds. The van der Waals surface area contributed by atoms with Crippen LogP contribution in [-0.4, -0.2) is 65.0 Å². The van der Waals surface area contributed by atoms with Crippen molar-refractivity contribution in [1.29, 1.82) is 5.41 Å². The third-order valence-corrected chi connectivity index (χ3v) is 8.31. The van der Waals surface area contributed by atoms with E-state index in [4.69, 9.17) is 20.1 Å². The third-order valence-electron chi connectivity index (χ3n) is 8.31. The van der Waals surface area contributed by atoms with Crippen LogP contribution in [0, 0.1) is 31.1 Å². The van der Waals surface area contributed by atoms with E-state index in [2.05, 4.69) is 27.3 Å². The molecule has 212 valence electrons. The molecular formula is C31H40N6O3. The molecule has 40 heavy (non-hydrogen) atoms. The summed E-state index contributed by atoms with van der Waals surface area (Å²) < 4.78 is 5.46. The summed E-state index contributed by atoms with van der Waals surface area (Å²) >= 11 is 0. The molecule has 2 aromatic rings. The maximum absolute atomic E-state index is 13.6. The maximum atomic E-state index is 13.6. The Hall–Kier alpha value is -3.43. The fourth-order valence-corrected chi connectivity index (χ4v) is 6.04. The van der Waals surface area contributed by atoms with Crippen LogP contribution in [0.5, 0.6) is 0 Å². The van der Waals surface area contributed by atoms with E-state index in [1.165, 1.54) is 6.21 Å². The number of ether oxygens (including phenoxy) is 1. The molecule has 9 nitrogen and oxygen atoms in total.